The van der Waals surface area contributed by atoms with Crippen molar-refractivity contribution in [2.24, 2.45) is 20.9 Å². The van der Waals surface area contributed by atoms with Gasteiger partial charge in [-0.2, -0.15) is 0 Å². The van der Waals surface area contributed by atoms with E-state index in [9.17, 15) is 0 Å². The summed E-state index contributed by atoms with van der Waals surface area (Å²) in [5.41, 5.74) is 4.07. The van der Waals surface area contributed by atoms with Gasteiger partial charge in [0.1, 0.15) is 0 Å². The minimum Gasteiger partial charge on any atom is -0.233 e. The van der Waals surface area contributed by atoms with Crippen molar-refractivity contribution in [2.45, 2.75) is 110 Å². The van der Waals surface area contributed by atoms with E-state index in [1.165, 1.54) is 16.7 Å². The molecule has 0 bridgehead atoms. The molecule has 0 spiro atoms. The van der Waals surface area contributed by atoms with E-state index in [2.05, 4.69) is 141 Å². The second kappa shape index (κ2) is 9.62. The number of hydrogen-bond donors (Lipinski definition) is 0. The number of rotatable bonds is 9. The molecular weight excluding hydrogens is 438 g/mol. The van der Waals surface area contributed by atoms with Crippen LogP contribution in [-0.4, -0.2) is 17.4 Å². The van der Waals surface area contributed by atoms with Crippen LogP contribution in [0.4, 0.5) is 0 Å². The summed E-state index contributed by atoms with van der Waals surface area (Å²) >= 11 is 0. The molecule has 1 aliphatic rings. The molecule has 3 nitrogen and oxygen atoms in total. The van der Waals surface area contributed by atoms with Crippen molar-refractivity contribution in [2.75, 3.05) is 0 Å². The zero-order valence-electron chi connectivity index (χ0n) is 24.2. The summed E-state index contributed by atoms with van der Waals surface area (Å²) in [4.78, 5) is 14.2. The van der Waals surface area contributed by atoms with Crippen LogP contribution in [0.15, 0.2) is 70.1 Å². The van der Waals surface area contributed by atoms with E-state index >= 15 is 0 Å². The third-order valence-corrected chi connectivity index (χ3v) is 9.11. The van der Waals surface area contributed by atoms with Crippen molar-refractivity contribution in [1.82, 2.24) is 0 Å². The Hall–Kier alpha value is -2.73. The van der Waals surface area contributed by atoms with Gasteiger partial charge >= 0.3 is 0 Å². The van der Waals surface area contributed by atoms with Gasteiger partial charge in [-0.25, -0.2) is 15.0 Å². The molecule has 36 heavy (non-hydrogen) atoms. The predicted molar refractivity (Wildman–Crippen MR) is 155 cm³/mol. The molecule has 1 aliphatic carbocycles. The van der Waals surface area contributed by atoms with Crippen LogP contribution in [0.25, 0.3) is 0 Å². The zero-order valence-corrected chi connectivity index (χ0v) is 24.2. The van der Waals surface area contributed by atoms with Crippen LogP contribution in [0.2, 0.25) is 0 Å². The van der Waals surface area contributed by atoms with E-state index in [1.807, 2.05) is 0 Å². The van der Waals surface area contributed by atoms with Gasteiger partial charge in [0.15, 0.2) is 0 Å². The monoisotopic (exact) mass is 483 g/mol. The van der Waals surface area contributed by atoms with Crippen LogP contribution in [0, 0.1) is 5.92 Å². The van der Waals surface area contributed by atoms with Gasteiger partial charge in [-0.3, -0.25) is 0 Å². The van der Waals surface area contributed by atoms with Gasteiger partial charge in [-0.1, -0.05) is 89.6 Å². The largest absolute Gasteiger partial charge is 0.233 e. The molecule has 0 aromatic heterocycles. The van der Waals surface area contributed by atoms with Crippen molar-refractivity contribution in [3.05, 3.63) is 77.4 Å². The van der Waals surface area contributed by atoms with Gasteiger partial charge in [0.25, 0.3) is 0 Å². The maximum atomic E-state index is 4.89. The molecule has 192 valence electrons. The van der Waals surface area contributed by atoms with Gasteiger partial charge in [0, 0.05) is 5.41 Å². The highest BCUT2D eigenvalue weighted by Crippen LogP contribution is 2.60. The van der Waals surface area contributed by atoms with Crippen LogP contribution in [0.5, 0.6) is 0 Å². The van der Waals surface area contributed by atoms with Gasteiger partial charge in [-0.05, 0) is 87.1 Å². The maximum Gasteiger partial charge on any atom is 0.0910 e. The van der Waals surface area contributed by atoms with Crippen molar-refractivity contribution in [3.63, 3.8) is 0 Å². The maximum absolute atomic E-state index is 4.89. The fraction of sp³-hybridized carbons (Fsp3) is 0.545. The van der Waals surface area contributed by atoms with Gasteiger partial charge < -0.3 is 0 Å². The fourth-order valence-corrected chi connectivity index (χ4v) is 5.15. The summed E-state index contributed by atoms with van der Waals surface area (Å²) in [6.45, 7) is 25.9. The summed E-state index contributed by atoms with van der Waals surface area (Å²) in [6.07, 6.45) is 2.13. The summed E-state index contributed by atoms with van der Waals surface area (Å²) < 4.78 is 0. The van der Waals surface area contributed by atoms with E-state index in [4.69, 9.17) is 9.98 Å². The van der Waals surface area contributed by atoms with E-state index < -0.39 is 5.54 Å². The molecule has 0 saturated heterocycles. The van der Waals surface area contributed by atoms with Crippen LogP contribution < -0.4 is 0 Å². The topological polar surface area (TPSA) is 37.1 Å². The number of nitrogens with zero attached hydrogens (tertiary/aromatic N) is 3. The normalized spacial score (nSPS) is 22.7. The molecule has 3 unspecified atom stereocenters. The van der Waals surface area contributed by atoms with Crippen molar-refractivity contribution in [1.29, 1.82) is 0 Å². The molecular formula is C33H45N3. The van der Waals surface area contributed by atoms with Crippen molar-refractivity contribution < 1.29 is 0 Å². The highest BCUT2D eigenvalue weighted by molar-refractivity contribution is 5.52. The third kappa shape index (κ3) is 5.19. The molecule has 1 fully saturated rings. The molecule has 0 radical (unpaired) electrons. The average molecular weight is 484 g/mol. The van der Waals surface area contributed by atoms with Crippen molar-refractivity contribution in [3.8, 4) is 0 Å². The van der Waals surface area contributed by atoms with Crippen LogP contribution >= 0.6 is 0 Å². The van der Waals surface area contributed by atoms with E-state index in [0.29, 0.717) is 5.92 Å². The first-order chi connectivity index (χ1) is 16.6. The Morgan fingerprint density at radius 3 is 2.06 bits per heavy atom. The summed E-state index contributed by atoms with van der Waals surface area (Å²) in [5.74, 6) is 3.30. The lowest BCUT2D eigenvalue weighted by atomic mass is 9.72. The highest BCUT2D eigenvalue weighted by atomic mass is 15.0. The summed E-state index contributed by atoms with van der Waals surface area (Å²) in [7, 11) is 0. The SMILES string of the molecule is C=C=NC(C)(C)c1cccc(C2(C)CC2(C)N=C=NC(C)(C)c2cccc(C(C)(C)C(C)CC)c2)c1. The average Bonchev–Trinajstić information content (AvgIpc) is 3.40. The van der Waals surface area contributed by atoms with E-state index in [-0.39, 0.29) is 21.9 Å². The zero-order chi connectivity index (χ0) is 27.0. The summed E-state index contributed by atoms with van der Waals surface area (Å²) in [5, 5.41) is 0. The van der Waals surface area contributed by atoms with E-state index in [1.54, 1.807) is 0 Å². The Morgan fingerprint density at radius 1 is 0.889 bits per heavy atom. The molecule has 3 rings (SSSR count). The quantitative estimate of drug-likeness (QED) is 0.320. The third-order valence-electron chi connectivity index (χ3n) is 9.11. The molecule has 0 amide bonds. The molecule has 2 aromatic carbocycles. The number of aliphatic imine (C=N–C) groups is 3. The standard InChI is InChI=1S/C33H45N3/c1-12-24(3)29(4,5)25-16-14-17-26(20-25)31(8,9)35-23-36-33(11)22-32(33,10)28-19-15-18-27(21-28)30(6,7)34-13-2/h14-21,24H,2,12,22H2,1,3-11H3. The number of benzene rings is 2. The second-order valence-electron chi connectivity index (χ2n) is 12.7. The minimum absolute atomic E-state index is 0.0517. The number of hydrogen-bond acceptors (Lipinski definition) is 3. The molecule has 0 N–H and O–H groups in total. The van der Waals surface area contributed by atoms with E-state index in [0.717, 1.165) is 18.4 Å². The molecule has 2 aromatic rings. The molecule has 1 saturated carbocycles. The molecule has 3 atom stereocenters. The first-order valence-corrected chi connectivity index (χ1v) is 13.3. The smallest absolute Gasteiger partial charge is 0.0910 e. The Balaban J connectivity index is 1.86. The highest BCUT2D eigenvalue weighted by Gasteiger charge is 2.62. The molecule has 3 heteroatoms. The minimum atomic E-state index is -0.403. The van der Waals surface area contributed by atoms with Gasteiger partial charge in [0.2, 0.25) is 0 Å². The van der Waals surface area contributed by atoms with Crippen molar-refractivity contribution >= 4 is 11.9 Å². The summed E-state index contributed by atoms with van der Waals surface area (Å²) in [6, 6.07) is 20.7. The molecule has 0 heterocycles. The fourth-order valence-electron chi connectivity index (χ4n) is 5.15. The predicted octanol–water partition coefficient (Wildman–Crippen LogP) is 8.63. The van der Waals surface area contributed by atoms with Crippen LogP contribution in [-0.2, 0) is 21.9 Å². The van der Waals surface area contributed by atoms with Gasteiger partial charge in [-0.15, -0.1) is 0 Å². The first-order valence-electron chi connectivity index (χ1n) is 13.3. The lowest BCUT2D eigenvalue weighted by Gasteiger charge is -2.33. The van der Waals surface area contributed by atoms with Gasteiger partial charge in [0.05, 0.1) is 22.6 Å². The molecule has 0 aliphatic heterocycles. The second-order valence-corrected chi connectivity index (χ2v) is 12.7. The Kier molecular flexibility index (Phi) is 7.44. The lowest BCUT2D eigenvalue weighted by molar-refractivity contribution is 0.334. The van der Waals surface area contributed by atoms with Crippen LogP contribution in [0.3, 0.4) is 0 Å². The lowest BCUT2D eigenvalue weighted by Crippen LogP contribution is -2.27. The first kappa shape index (κ1) is 27.9. The Labute approximate surface area is 219 Å². The Bertz CT molecular complexity index is 1220. The Morgan fingerprint density at radius 2 is 1.44 bits per heavy atom. The van der Waals surface area contributed by atoms with Crippen LogP contribution in [0.1, 0.15) is 104 Å².